The number of anilines is 2. The van der Waals surface area contributed by atoms with Gasteiger partial charge in [0.2, 0.25) is 10.9 Å². The topological polar surface area (TPSA) is 175 Å². The minimum absolute atomic E-state index is 0.0473. The van der Waals surface area contributed by atoms with Crippen LogP contribution in [0.15, 0.2) is 28.4 Å². The van der Waals surface area contributed by atoms with Crippen molar-refractivity contribution in [1.82, 2.24) is 0 Å². The third-order valence-electron chi connectivity index (χ3n) is 4.15. The van der Waals surface area contributed by atoms with E-state index in [4.69, 9.17) is 0 Å². The molecule has 2 aromatic rings. The third kappa shape index (κ3) is 6.00. The van der Waals surface area contributed by atoms with Gasteiger partial charge in [-0.25, -0.2) is 0 Å². The van der Waals surface area contributed by atoms with Crippen LogP contribution in [0.2, 0.25) is 0 Å². The summed E-state index contributed by atoms with van der Waals surface area (Å²) in [5.74, 6) is -0.804. The fourth-order valence-electron chi connectivity index (χ4n) is 2.77. The number of carbonyl (C=O) groups excluding carboxylic acids is 3. The Morgan fingerprint density at radius 2 is 1.84 bits per heavy atom. The number of aliphatic hydroxyl groups is 2. The monoisotopic (exact) mass is 463 g/mol. The highest BCUT2D eigenvalue weighted by molar-refractivity contribution is 7.18. The van der Waals surface area contributed by atoms with Gasteiger partial charge in [0, 0.05) is 37.3 Å². The van der Waals surface area contributed by atoms with Crippen molar-refractivity contribution in [3.63, 3.8) is 0 Å². The number of rotatable bonds is 11. The molecule has 13 heteroatoms. The zero-order chi connectivity index (χ0) is 23.8. The molecule has 0 fully saturated rings. The van der Waals surface area contributed by atoms with E-state index < -0.39 is 16.5 Å². The molecule has 0 unspecified atom stereocenters. The molecule has 0 bridgehead atoms. The largest absolute Gasteiger partial charge is 0.395 e. The lowest BCUT2D eigenvalue weighted by Crippen LogP contribution is -2.30. The molecule has 0 radical (unpaired) electrons. The lowest BCUT2D eigenvalue weighted by Gasteiger charge is -2.25. The van der Waals surface area contributed by atoms with E-state index in [0.29, 0.717) is 12.0 Å². The van der Waals surface area contributed by atoms with Crippen LogP contribution in [-0.4, -0.2) is 59.4 Å². The number of thiophene rings is 1. The van der Waals surface area contributed by atoms with Crippen LogP contribution in [0.4, 0.5) is 27.8 Å². The molecule has 1 aromatic heterocycles. The van der Waals surface area contributed by atoms with Gasteiger partial charge in [0.15, 0.2) is 12.1 Å². The maximum absolute atomic E-state index is 11.7. The highest BCUT2D eigenvalue weighted by atomic mass is 32.1. The second kappa shape index (κ2) is 11.2. The number of aldehydes is 1. The first-order valence-corrected chi connectivity index (χ1v) is 10.1. The van der Waals surface area contributed by atoms with Gasteiger partial charge in [-0.1, -0.05) is 0 Å². The average molecular weight is 463 g/mol. The molecule has 1 amide bonds. The van der Waals surface area contributed by atoms with Crippen molar-refractivity contribution in [2.75, 3.05) is 36.5 Å². The van der Waals surface area contributed by atoms with Crippen molar-refractivity contribution in [3.05, 3.63) is 38.8 Å². The van der Waals surface area contributed by atoms with Crippen LogP contribution >= 0.6 is 11.3 Å². The zero-order valence-corrected chi connectivity index (χ0v) is 18.1. The Labute approximate surface area is 186 Å². The second-order valence-electron chi connectivity index (χ2n) is 6.48. The number of ketones is 1. The van der Waals surface area contributed by atoms with Crippen molar-refractivity contribution >= 4 is 57.1 Å². The molecular weight excluding hydrogens is 442 g/mol. The summed E-state index contributed by atoms with van der Waals surface area (Å²) in [5, 5.41) is 40.1. The standard InChI is InChI=1S/C19H21N5O7S/c1-11(28)18-9-17(24(30)31)19(32-18)22-21-15-7-13(10-27)16(8-14(15)20-12(2)29)23(3-5-25)4-6-26/h7-10,25-26H,3-6H2,1-2H3,(H,20,29). The summed E-state index contributed by atoms with van der Waals surface area (Å²) in [5.41, 5.74) is 0.293. The highest BCUT2D eigenvalue weighted by Crippen LogP contribution is 2.40. The van der Waals surface area contributed by atoms with E-state index in [-0.39, 0.29) is 58.9 Å². The molecule has 0 saturated carbocycles. The summed E-state index contributed by atoms with van der Waals surface area (Å²) < 4.78 is 0. The number of aliphatic hydroxyl groups excluding tert-OH is 2. The lowest BCUT2D eigenvalue weighted by atomic mass is 10.1. The van der Waals surface area contributed by atoms with Crippen LogP contribution in [0.1, 0.15) is 33.9 Å². The molecule has 1 heterocycles. The summed E-state index contributed by atoms with van der Waals surface area (Å²) in [6.45, 7) is 2.29. The predicted molar refractivity (Wildman–Crippen MR) is 118 cm³/mol. The molecule has 0 atom stereocenters. The number of carbonyl (C=O) groups is 3. The molecule has 12 nitrogen and oxygen atoms in total. The van der Waals surface area contributed by atoms with E-state index in [2.05, 4.69) is 15.5 Å². The first-order chi connectivity index (χ1) is 15.2. The summed E-state index contributed by atoms with van der Waals surface area (Å²) in [6.07, 6.45) is 0.537. The van der Waals surface area contributed by atoms with Gasteiger partial charge in [-0.05, 0) is 19.1 Å². The minimum Gasteiger partial charge on any atom is -0.395 e. The summed E-state index contributed by atoms with van der Waals surface area (Å²) in [6, 6.07) is 3.87. The van der Waals surface area contributed by atoms with Crippen LogP contribution in [0.5, 0.6) is 0 Å². The first kappa shape index (κ1) is 24.7. The van der Waals surface area contributed by atoms with E-state index in [1.807, 2.05) is 0 Å². The van der Waals surface area contributed by atoms with E-state index >= 15 is 0 Å². The maximum atomic E-state index is 11.7. The minimum atomic E-state index is -0.687. The van der Waals surface area contributed by atoms with Crippen molar-refractivity contribution in [1.29, 1.82) is 0 Å². The van der Waals surface area contributed by atoms with E-state index in [1.54, 1.807) is 4.90 Å². The fourth-order valence-corrected chi connectivity index (χ4v) is 3.62. The van der Waals surface area contributed by atoms with E-state index in [0.717, 1.165) is 17.4 Å². The van der Waals surface area contributed by atoms with Gasteiger partial charge in [0.25, 0.3) is 0 Å². The Morgan fingerprint density at radius 3 is 2.34 bits per heavy atom. The normalized spacial score (nSPS) is 10.9. The number of nitro groups is 1. The Hall–Kier alpha value is -3.55. The number of nitrogens with zero attached hydrogens (tertiary/aromatic N) is 4. The van der Waals surface area contributed by atoms with Gasteiger partial charge in [-0.15, -0.1) is 21.6 Å². The smallest absolute Gasteiger partial charge is 0.308 e. The molecule has 32 heavy (non-hydrogen) atoms. The summed E-state index contributed by atoms with van der Waals surface area (Å²) in [7, 11) is 0. The number of amides is 1. The van der Waals surface area contributed by atoms with Crippen molar-refractivity contribution in [2.24, 2.45) is 10.2 Å². The van der Waals surface area contributed by atoms with Crippen LogP contribution in [-0.2, 0) is 4.79 Å². The van der Waals surface area contributed by atoms with E-state index in [9.17, 15) is 34.7 Å². The Morgan fingerprint density at radius 1 is 1.19 bits per heavy atom. The Balaban J connectivity index is 2.60. The average Bonchev–Trinajstić information content (AvgIpc) is 3.17. The number of hydrogen-bond donors (Lipinski definition) is 3. The van der Waals surface area contributed by atoms with Gasteiger partial charge < -0.3 is 20.4 Å². The number of Topliss-reactive ketones (excluding diaryl/α,β-unsaturated/α-hetero) is 1. The maximum Gasteiger partial charge on any atom is 0.308 e. The molecule has 3 N–H and O–H groups in total. The van der Waals surface area contributed by atoms with Crippen LogP contribution in [0.25, 0.3) is 0 Å². The van der Waals surface area contributed by atoms with Crippen LogP contribution < -0.4 is 10.2 Å². The highest BCUT2D eigenvalue weighted by Gasteiger charge is 2.22. The van der Waals surface area contributed by atoms with Crippen molar-refractivity contribution in [3.8, 4) is 0 Å². The van der Waals surface area contributed by atoms with E-state index in [1.165, 1.54) is 26.0 Å². The number of nitrogens with one attached hydrogen (secondary N) is 1. The molecule has 0 saturated heterocycles. The molecule has 170 valence electrons. The molecule has 0 aliphatic rings. The molecule has 2 rings (SSSR count). The Bertz CT molecular complexity index is 1060. The SMILES string of the molecule is CC(=O)Nc1cc(N(CCO)CCO)c(C=O)cc1N=Nc1sc(C(C)=O)cc1[N+](=O)[O-]. The Kier molecular flexibility index (Phi) is 8.63. The predicted octanol–water partition coefficient (Wildman–Crippen LogP) is 2.84. The zero-order valence-electron chi connectivity index (χ0n) is 17.3. The molecule has 0 aliphatic carbocycles. The quantitative estimate of drug-likeness (QED) is 0.150. The summed E-state index contributed by atoms with van der Waals surface area (Å²) >= 11 is 0.794. The molecular formula is C19H21N5O7S. The number of benzene rings is 1. The van der Waals surface area contributed by atoms with Crippen molar-refractivity contribution in [2.45, 2.75) is 13.8 Å². The molecule has 0 aliphatic heterocycles. The first-order valence-electron chi connectivity index (χ1n) is 9.30. The van der Waals surface area contributed by atoms with Crippen LogP contribution in [0, 0.1) is 10.1 Å². The second-order valence-corrected chi connectivity index (χ2v) is 7.51. The summed E-state index contributed by atoms with van der Waals surface area (Å²) in [4.78, 5) is 47.2. The van der Waals surface area contributed by atoms with Crippen LogP contribution in [0.3, 0.4) is 0 Å². The van der Waals surface area contributed by atoms with Gasteiger partial charge >= 0.3 is 5.69 Å². The third-order valence-corrected chi connectivity index (χ3v) is 5.26. The van der Waals surface area contributed by atoms with Gasteiger partial charge in [0.05, 0.1) is 28.7 Å². The van der Waals surface area contributed by atoms with Crippen molar-refractivity contribution < 1.29 is 29.5 Å². The van der Waals surface area contributed by atoms with Gasteiger partial charge in [0.1, 0.15) is 5.69 Å². The molecule has 1 aromatic carbocycles. The van der Waals surface area contributed by atoms with Gasteiger partial charge in [-0.3, -0.25) is 24.5 Å². The van der Waals surface area contributed by atoms with Gasteiger partial charge in [-0.2, -0.15) is 0 Å². The number of azo groups is 1. The molecule has 0 spiro atoms. The fraction of sp³-hybridized carbons (Fsp3) is 0.316. The lowest BCUT2D eigenvalue weighted by molar-refractivity contribution is -0.383. The number of hydrogen-bond acceptors (Lipinski definition) is 11.